The van der Waals surface area contributed by atoms with E-state index in [1.807, 2.05) is 24.3 Å². The molecule has 5 heteroatoms. The average molecular weight is 279 g/mol. The summed E-state index contributed by atoms with van der Waals surface area (Å²) in [5, 5.41) is 14.2. The SMILES string of the molecule is OC1CCC(c2nc(-c3ccc(Cl)cc3)no2)CC1. The van der Waals surface area contributed by atoms with E-state index in [2.05, 4.69) is 10.1 Å². The van der Waals surface area contributed by atoms with Crippen LogP contribution in [0.4, 0.5) is 0 Å². The third-order valence-corrected chi connectivity index (χ3v) is 3.84. The lowest BCUT2D eigenvalue weighted by Crippen LogP contribution is -2.17. The predicted octanol–water partition coefficient (Wildman–Crippen LogP) is 3.41. The van der Waals surface area contributed by atoms with Gasteiger partial charge in [0, 0.05) is 16.5 Å². The fourth-order valence-electron chi connectivity index (χ4n) is 2.44. The van der Waals surface area contributed by atoms with Crippen LogP contribution in [0.1, 0.15) is 37.5 Å². The first-order valence-electron chi connectivity index (χ1n) is 6.50. The van der Waals surface area contributed by atoms with Gasteiger partial charge < -0.3 is 9.63 Å². The quantitative estimate of drug-likeness (QED) is 0.914. The first-order chi connectivity index (χ1) is 9.22. The normalized spacial score (nSPS) is 23.5. The molecule has 1 heterocycles. The van der Waals surface area contributed by atoms with Crippen molar-refractivity contribution in [3.63, 3.8) is 0 Å². The molecular weight excluding hydrogens is 264 g/mol. The number of hydrogen-bond acceptors (Lipinski definition) is 4. The fourth-order valence-corrected chi connectivity index (χ4v) is 2.57. The molecule has 1 aliphatic carbocycles. The van der Waals surface area contributed by atoms with Gasteiger partial charge in [-0.15, -0.1) is 0 Å². The molecule has 2 aromatic rings. The minimum Gasteiger partial charge on any atom is -0.393 e. The number of hydrogen-bond donors (Lipinski definition) is 1. The molecule has 0 amide bonds. The van der Waals surface area contributed by atoms with E-state index in [0.29, 0.717) is 16.7 Å². The average Bonchev–Trinajstić information content (AvgIpc) is 2.90. The van der Waals surface area contributed by atoms with Crippen LogP contribution in [0.25, 0.3) is 11.4 Å². The number of halogens is 1. The number of rotatable bonds is 2. The lowest BCUT2D eigenvalue weighted by Gasteiger charge is -2.22. The molecule has 1 saturated carbocycles. The summed E-state index contributed by atoms with van der Waals surface area (Å²) >= 11 is 5.85. The fraction of sp³-hybridized carbons (Fsp3) is 0.429. The maximum absolute atomic E-state index is 9.50. The van der Waals surface area contributed by atoms with Gasteiger partial charge in [0.1, 0.15) is 0 Å². The van der Waals surface area contributed by atoms with E-state index in [-0.39, 0.29) is 12.0 Å². The Balaban J connectivity index is 1.77. The molecule has 0 aliphatic heterocycles. The predicted molar refractivity (Wildman–Crippen MR) is 72.0 cm³/mol. The van der Waals surface area contributed by atoms with Crippen LogP contribution >= 0.6 is 11.6 Å². The molecule has 0 atom stereocenters. The van der Waals surface area contributed by atoms with Crippen molar-refractivity contribution >= 4 is 11.6 Å². The zero-order valence-electron chi connectivity index (χ0n) is 10.4. The summed E-state index contributed by atoms with van der Waals surface area (Å²) in [6.45, 7) is 0. The van der Waals surface area contributed by atoms with Gasteiger partial charge in [0.2, 0.25) is 11.7 Å². The maximum atomic E-state index is 9.50. The van der Waals surface area contributed by atoms with Crippen molar-refractivity contribution in [2.75, 3.05) is 0 Å². The van der Waals surface area contributed by atoms with Gasteiger partial charge >= 0.3 is 0 Å². The zero-order chi connectivity index (χ0) is 13.2. The van der Waals surface area contributed by atoms with Gasteiger partial charge in [-0.1, -0.05) is 16.8 Å². The van der Waals surface area contributed by atoms with Crippen LogP contribution in [-0.4, -0.2) is 21.4 Å². The topological polar surface area (TPSA) is 59.2 Å². The summed E-state index contributed by atoms with van der Waals surface area (Å²) in [6.07, 6.45) is 3.26. The van der Waals surface area contributed by atoms with Crippen LogP contribution in [-0.2, 0) is 0 Å². The molecular formula is C14H15ClN2O2. The number of benzene rings is 1. The largest absolute Gasteiger partial charge is 0.393 e. The third kappa shape index (κ3) is 2.80. The molecule has 0 radical (unpaired) electrons. The summed E-state index contributed by atoms with van der Waals surface area (Å²) in [5.41, 5.74) is 0.898. The van der Waals surface area contributed by atoms with E-state index >= 15 is 0 Å². The van der Waals surface area contributed by atoms with Crippen molar-refractivity contribution in [1.82, 2.24) is 10.1 Å². The molecule has 0 saturated heterocycles. The van der Waals surface area contributed by atoms with Crippen LogP contribution in [0.3, 0.4) is 0 Å². The Bertz CT molecular complexity index is 545. The summed E-state index contributed by atoms with van der Waals surface area (Å²) < 4.78 is 5.35. The van der Waals surface area contributed by atoms with Crippen LogP contribution in [0.2, 0.25) is 5.02 Å². The summed E-state index contributed by atoms with van der Waals surface area (Å²) in [4.78, 5) is 4.46. The van der Waals surface area contributed by atoms with Gasteiger partial charge in [0.05, 0.1) is 6.10 Å². The molecule has 1 aliphatic rings. The Morgan fingerprint density at radius 3 is 2.47 bits per heavy atom. The van der Waals surface area contributed by atoms with Gasteiger partial charge in [-0.3, -0.25) is 0 Å². The van der Waals surface area contributed by atoms with Crippen molar-refractivity contribution in [2.24, 2.45) is 0 Å². The third-order valence-electron chi connectivity index (χ3n) is 3.59. The van der Waals surface area contributed by atoms with Crippen molar-refractivity contribution in [2.45, 2.75) is 37.7 Å². The van der Waals surface area contributed by atoms with E-state index in [1.54, 1.807) is 0 Å². The molecule has 4 nitrogen and oxygen atoms in total. The molecule has 100 valence electrons. The maximum Gasteiger partial charge on any atom is 0.230 e. The first kappa shape index (κ1) is 12.6. The van der Waals surface area contributed by atoms with E-state index < -0.39 is 0 Å². The van der Waals surface area contributed by atoms with Gasteiger partial charge in [-0.05, 0) is 49.9 Å². The highest BCUT2D eigenvalue weighted by Gasteiger charge is 2.25. The number of aliphatic hydroxyl groups excluding tert-OH is 1. The highest BCUT2D eigenvalue weighted by Crippen LogP contribution is 2.32. The summed E-state index contributed by atoms with van der Waals surface area (Å²) in [6, 6.07) is 7.37. The second kappa shape index (κ2) is 5.31. The number of aliphatic hydroxyl groups is 1. The zero-order valence-corrected chi connectivity index (χ0v) is 11.2. The smallest absolute Gasteiger partial charge is 0.230 e. The monoisotopic (exact) mass is 278 g/mol. The van der Waals surface area contributed by atoms with Crippen molar-refractivity contribution in [3.05, 3.63) is 35.2 Å². The second-order valence-electron chi connectivity index (χ2n) is 4.97. The van der Waals surface area contributed by atoms with Crippen LogP contribution < -0.4 is 0 Å². The Morgan fingerprint density at radius 2 is 1.79 bits per heavy atom. The van der Waals surface area contributed by atoms with E-state index in [4.69, 9.17) is 16.1 Å². The summed E-state index contributed by atoms with van der Waals surface area (Å²) in [5.74, 6) is 1.55. The highest BCUT2D eigenvalue weighted by molar-refractivity contribution is 6.30. The minimum absolute atomic E-state index is 0.171. The van der Waals surface area contributed by atoms with Crippen LogP contribution in [0.5, 0.6) is 0 Å². The molecule has 1 fully saturated rings. The lowest BCUT2D eigenvalue weighted by molar-refractivity contribution is 0.116. The summed E-state index contributed by atoms with van der Waals surface area (Å²) in [7, 11) is 0. The minimum atomic E-state index is -0.171. The van der Waals surface area contributed by atoms with Crippen LogP contribution in [0, 0.1) is 0 Å². The molecule has 1 N–H and O–H groups in total. The molecule has 1 aromatic heterocycles. The van der Waals surface area contributed by atoms with E-state index in [9.17, 15) is 5.11 Å². The number of nitrogens with zero attached hydrogens (tertiary/aromatic N) is 2. The second-order valence-corrected chi connectivity index (χ2v) is 5.40. The van der Waals surface area contributed by atoms with E-state index in [0.717, 1.165) is 31.2 Å². The standard InChI is InChI=1S/C14H15ClN2O2/c15-11-5-1-9(2-6-11)13-16-14(19-17-13)10-3-7-12(18)8-4-10/h1-2,5-6,10,12,18H,3-4,7-8H2. The van der Waals surface area contributed by atoms with Crippen molar-refractivity contribution in [3.8, 4) is 11.4 Å². The van der Waals surface area contributed by atoms with Gasteiger partial charge in [-0.25, -0.2) is 0 Å². The van der Waals surface area contributed by atoms with Crippen molar-refractivity contribution in [1.29, 1.82) is 0 Å². The van der Waals surface area contributed by atoms with Gasteiger partial charge in [0.25, 0.3) is 0 Å². The molecule has 0 bridgehead atoms. The van der Waals surface area contributed by atoms with E-state index in [1.165, 1.54) is 0 Å². The van der Waals surface area contributed by atoms with Gasteiger partial charge in [-0.2, -0.15) is 4.98 Å². The van der Waals surface area contributed by atoms with Crippen molar-refractivity contribution < 1.29 is 9.63 Å². The molecule has 0 spiro atoms. The molecule has 19 heavy (non-hydrogen) atoms. The highest BCUT2D eigenvalue weighted by atomic mass is 35.5. The first-order valence-corrected chi connectivity index (χ1v) is 6.88. The lowest BCUT2D eigenvalue weighted by atomic mass is 9.87. The molecule has 0 unspecified atom stereocenters. The van der Waals surface area contributed by atoms with Gasteiger partial charge in [0.15, 0.2) is 0 Å². The molecule has 1 aromatic carbocycles. The Morgan fingerprint density at radius 1 is 1.11 bits per heavy atom. The number of aromatic nitrogens is 2. The molecule has 3 rings (SSSR count). The Kier molecular flexibility index (Phi) is 3.53. The Labute approximate surface area is 116 Å². The van der Waals surface area contributed by atoms with Crippen LogP contribution in [0.15, 0.2) is 28.8 Å². The Hall–Kier alpha value is -1.39.